The number of carbonyl (C=O) groups is 1. The molecule has 4 N–H and O–H groups in total. The molecule has 1 heterocycles. The lowest BCUT2D eigenvalue weighted by Gasteiger charge is -1.99. The van der Waals surface area contributed by atoms with Gasteiger partial charge in [0.25, 0.3) is 10.2 Å². The molecule has 0 atom stereocenters. The molecule has 84 valence electrons. The molecule has 0 radical (unpaired) electrons. The summed E-state index contributed by atoms with van der Waals surface area (Å²) in [5, 5.41) is 10.9. The minimum atomic E-state index is -3.80. The number of amides is 1. The maximum absolute atomic E-state index is 10.9. The summed E-state index contributed by atoms with van der Waals surface area (Å²) in [5.74, 6) is -0.236. The van der Waals surface area contributed by atoms with E-state index in [-0.39, 0.29) is 18.1 Å². The fraction of sp³-hybridized carbons (Fsp3) is 0.333. The Balaban J connectivity index is 2.69. The average Bonchev–Trinajstić information content (AvgIpc) is 2.49. The van der Waals surface area contributed by atoms with E-state index in [1.165, 1.54) is 24.1 Å². The Hall–Kier alpha value is -1.61. The third kappa shape index (κ3) is 3.95. The predicted octanol–water partition coefficient (Wildman–Crippen LogP) is -1.76. The Labute approximate surface area is 86.6 Å². The Morgan fingerprint density at radius 1 is 1.67 bits per heavy atom. The maximum Gasteiger partial charge on any atom is 0.296 e. The van der Waals surface area contributed by atoms with E-state index in [0.717, 1.165) is 0 Å². The van der Waals surface area contributed by atoms with Crippen LogP contribution in [0.25, 0.3) is 0 Å². The molecule has 0 aliphatic rings. The smallest absolute Gasteiger partial charge is 0.296 e. The zero-order valence-corrected chi connectivity index (χ0v) is 8.78. The lowest BCUT2D eigenvalue weighted by Crippen LogP contribution is -2.23. The normalized spacial score (nSPS) is 11.1. The van der Waals surface area contributed by atoms with Gasteiger partial charge in [0.1, 0.15) is 6.54 Å². The predicted molar refractivity (Wildman–Crippen MR) is 53.0 cm³/mol. The van der Waals surface area contributed by atoms with Crippen molar-refractivity contribution in [3.05, 3.63) is 12.4 Å². The number of likely N-dealkylation sites (N-methyl/N-ethyl adjacent to an activating group) is 1. The van der Waals surface area contributed by atoms with Crippen molar-refractivity contribution in [2.75, 3.05) is 11.8 Å². The monoisotopic (exact) mass is 233 g/mol. The molecule has 0 aromatic carbocycles. The number of aromatic nitrogens is 2. The molecule has 0 spiro atoms. The van der Waals surface area contributed by atoms with E-state index in [9.17, 15) is 13.2 Å². The molecule has 1 amide bonds. The van der Waals surface area contributed by atoms with Gasteiger partial charge in [-0.05, 0) is 0 Å². The summed E-state index contributed by atoms with van der Waals surface area (Å²) in [7, 11) is -2.31. The van der Waals surface area contributed by atoms with Crippen LogP contribution in [0.15, 0.2) is 12.4 Å². The van der Waals surface area contributed by atoms with E-state index in [0.29, 0.717) is 0 Å². The number of nitrogens with zero attached hydrogens (tertiary/aromatic N) is 2. The minimum absolute atomic E-state index is 0.0167. The molecule has 1 aromatic heterocycles. The summed E-state index contributed by atoms with van der Waals surface area (Å²) in [4.78, 5) is 10.9. The van der Waals surface area contributed by atoms with Gasteiger partial charge in [0.05, 0.1) is 11.9 Å². The summed E-state index contributed by atoms with van der Waals surface area (Å²) in [5.41, 5.74) is 0.210. The molecular formula is C6H11N5O3S. The number of carbonyl (C=O) groups excluding carboxylic acids is 1. The van der Waals surface area contributed by atoms with Crippen LogP contribution in [0.5, 0.6) is 0 Å². The average molecular weight is 233 g/mol. The van der Waals surface area contributed by atoms with Crippen molar-refractivity contribution in [2.24, 2.45) is 5.14 Å². The van der Waals surface area contributed by atoms with Gasteiger partial charge in [0.15, 0.2) is 0 Å². The van der Waals surface area contributed by atoms with Crippen molar-refractivity contribution < 1.29 is 13.2 Å². The number of hydrogen-bond donors (Lipinski definition) is 3. The molecule has 9 heteroatoms. The second-order valence-corrected chi connectivity index (χ2v) is 4.04. The van der Waals surface area contributed by atoms with Crippen LogP contribution in [0.4, 0.5) is 5.69 Å². The van der Waals surface area contributed by atoms with Crippen molar-refractivity contribution in [1.29, 1.82) is 0 Å². The summed E-state index contributed by atoms with van der Waals surface area (Å²) in [6, 6.07) is 0. The largest absolute Gasteiger partial charge is 0.358 e. The zero-order chi connectivity index (χ0) is 11.5. The number of nitrogens with one attached hydrogen (secondary N) is 2. The summed E-state index contributed by atoms with van der Waals surface area (Å²) in [6.07, 6.45) is 2.62. The first-order chi connectivity index (χ1) is 6.90. The Morgan fingerprint density at radius 3 is 2.87 bits per heavy atom. The number of anilines is 1. The first-order valence-corrected chi connectivity index (χ1v) is 5.49. The van der Waals surface area contributed by atoms with Crippen LogP contribution in [-0.2, 0) is 21.5 Å². The second kappa shape index (κ2) is 4.28. The van der Waals surface area contributed by atoms with Crippen LogP contribution in [0.3, 0.4) is 0 Å². The molecule has 0 unspecified atom stereocenters. The molecule has 15 heavy (non-hydrogen) atoms. The van der Waals surface area contributed by atoms with Gasteiger partial charge in [0, 0.05) is 13.2 Å². The highest BCUT2D eigenvalue weighted by atomic mass is 32.2. The molecule has 1 rings (SSSR count). The quantitative estimate of drug-likeness (QED) is 0.571. The maximum atomic E-state index is 10.9. The third-order valence-electron chi connectivity index (χ3n) is 1.48. The number of nitrogens with two attached hydrogens (primary N) is 1. The summed E-state index contributed by atoms with van der Waals surface area (Å²) >= 11 is 0. The fourth-order valence-electron chi connectivity index (χ4n) is 0.893. The molecular weight excluding hydrogens is 222 g/mol. The van der Waals surface area contributed by atoms with Gasteiger partial charge in [-0.1, -0.05) is 0 Å². The van der Waals surface area contributed by atoms with Gasteiger partial charge in [0.2, 0.25) is 5.91 Å². The first kappa shape index (κ1) is 11.5. The highest BCUT2D eigenvalue weighted by Gasteiger charge is 2.06. The van der Waals surface area contributed by atoms with Gasteiger partial charge in [-0.3, -0.25) is 14.2 Å². The zero-order valence-electron chi connectivity index (χ0n) is 7.97. The summed E-state index contributed by atoms with van der Waals surface area (Å²) in [6.45, 7) is 0.0167. The molecule has 0 aliphatic carbocycles. The van der Waals surface area contributed by atoms with Crippen molar-refractivity contribution in [3.63, 3.8) is 0 Å². The van der Waals surface area contributed by atoms with Gasteiger partial charge >= 0.3 is 0 Å². The molecule has 0 fully saturated rings. The van der Waals surface area contributed by atoms with Gasteiger partial charge in [-0.2, -0.15) is 13.5 Å². The highest BCUT2D eigenvalue weighted by molar-refractivity contribution is 7.90. The molecule has 0 saturated heterocycles. The fourth-order valence-corrected chi connectivity index (χ4v) is 1.33. The van der Waals surface area contributed by atoms with Crippen LogP contribution >= 0.6 is 0 Å². The number of hydrogen-bond acceptors (Lipinski definition) is 4. The standard InChI is InChI=1S/C6H11N5O3S/c1-8-6(12)4-11-3-5(2-9-11)10-15(7,13)14/h2-3,10H,4H2,1H3,(H,8,12)(H2,7,13,14). The summed E-state index contributed by atoms with van der Waals surface area (Å²) < 4.78 is 24.6. The molecule has 0 bridgehead atoms. The van der Waals surface area contributed by atoms with E-state index < -0.39 is 10.2 Å². The van der Waals surface area contributed by atoms with Gasteiger partial charge in [-0.25, -0.2) is 5.14 Å². The van der Waals surface area contributed by atoms with Crippen LogP contribution in [-0.4, -0.2) is 31.2 Å². The van der Waals surface area contributed by atoms with E-state index in [4.69, 9.17) is 5.14 Å². The van der Waals surface area contributed by atoms with Crippen LogP contribution in [0.1, 0.15) is 0 Å². The first-order valence-electron chi connectivity index (χ1n) is 3.94. The van der Waals surface area contributed by atoms with Gasteiger partial charge in [-0.15, -0.1) is 0 Å². The van der Waals surface area contributed by atoms with E-state index >= 15 is 0 Å². The minimum Gasteiger partial charge on any atom is -0.358 e. The van der Waals surface area contributed by atoms with E-state index in [1.54, 1.807) is 0 Å². The Morgan fingerprint density at radius 2 is 2.33 bits per heavy atom. The van der Waals surface area contributed by atoms with Gasteiger partial charge < -0.3 is 5.32 Å². The Kier molecular flexibility index (Phi) is 3.27. The van der Waals surface area contributed by atoms with E-state index in [1.807, 2.05) is 4.72 Å². The second-order valence-electron chi connectivity index (χ2n) is 2.75. The molecule has 0 aliphatic heterocycles. The Bertz CT molecular complexity index is 451. The van der Waals surface area contributed by atoms with E-state index in [2.05, 4.69) is 10.4 Å². The van der Waals surface area contributed by atoms with Crippen LogP contribution < -0.4 is 15.2 Å². The van der Waals surface area contributed by atoms with Crippen LogP contribution in [0.2, 0.25) is 0 Å². The SMILES string of the molecule is CNC(=O)Cn1cc(NS(N)(=O)=O)cn1. The number of rotatable bonds is 4. The van der Waals surface area contributed by atoms with Crippen LogP contribution in [0, 0.1) is 0 Å². The van der Waals surface area contributed by atoms with Crippen molar-refractivity contribution in [2.45, 2.75) is 6.54 Å². The molecule has 1 aromatic rings. The molecule has 8 nitrogen and oxygen atoms in total. The lowest BCUT2D eigenvalue weighted by molar-refractivity contribution is -0.121. The topological polar surface area (TPSA) is 119 Å². The highest BCUT2D eigenvalue weighted by Crippen LogP contribution is 2.05. The van der Waals surface area contributed by atoms with Crippen molar-refractivity contribution in [1.82, 2.24) is 15.1 Å². The lowest BCUT2D eigenvalue weighted by atomic mass is 10.6. The van der Waals surface area contributed by atoms with Crippen molar-refractivity contribution >= 4 is 21.8 Å². The molecule has 0 saturated carbocycles. The van der Waals surface area contributed by atoms with Crippen molar-refractivity contribution in [3.8, 4) is 0 Å². The third-order valence-corrected chi connectivity index (χ3v) is 2.00.